The third-order valence-electron chi connectivity index (χ3n) is 3.56. The SMILES string of the molecule is O=C(NCC1CCCC1CCl)c1ccncc1Cl. The zero-order chi connectivity index (χ0) is 13.0. The van der Waals surface area contributed by atoms with Crippen LogP contribution in [0.2, 0.25) is 5.02 Å². The summed E-state index contributed by atoms with van der Waals surface area (Å²) in [5, 5.41) is 3.32. The molecule has 0 saturated heterocycles. The maximum atomic E-state index is 12.0. The second kappa shape index (κ2) is 6.39. The number of rotatable bonds is 4. The van der Waals surface area contributed by atoms with Gasteiger partial charge in [0.1, 0.15) is 0 Å². The molecule has 1 aromatic heterocycles. The van der Waals surface area contributed by atoms with E-state index < -0.39 is 0 Å². The second-order valence-corrected chi connectivity index (χ2v) is 5.39. The lowest BCUT2D eigenvalue weighted by molar-refractivity contribution is 0.0944. The highest BCUT2D eigenvalue weighted by molar-refractivity contribution is 6.33. The predicted octanol–water partition coefficient (Wildman–Crippen LogP) is 3.12. The zero-order valence-electron chi connectivity index (χ0n) is 10.0. The molecule has 1 N–H and O–H groups in total. The van der Waals surface area contributed by atoms with Crippen molar-refractivity contribution in [2.24, 2.45) is 11.8 Å². The normalized spacial score (nSPS) is 23.0. The van der Waals surface area contributed by atoms with Gasteiger partial charge in [-0.05, 0) is 30.7 Å². The fourth-order valence-corrected chi connectivity index (χ4v) is 3.08. The molecule has 1 aliphatic carbocycles. The van der Waals surface area contributed by atoms with Crippen molar-refractivity contribution in [3.05, 3.63) is 29.0 Å². The first-order valence-corrected chi connectivity index (χ1v) is 7.07. The molecular weight excluding hydrogens is 271 g/mol. The molecule has 0 bridgehead atoms. The van der Waals surface area contributed by atoms with Crippen molar-refractivity contribution < 1.29 is 4.79 Å². The standard InChI is InChI=1S/C13H16Cl2N2O/c14-6-9-2-1-3-10(9)7-17-13(18)11-4-5-16-8-12(11)15/h4-5,8-10H,1-3,6-7H2,(H,17,18). The summed E-state index contributed by atoms with van der Waals surface area (Å²) in [6, 6.07) is 1.63. The number of nitrogens with zero attached hydrogens (tertiary/aromatic N) is 1. The Labute approximate surface area is 117 Å². The average Bonchev–Trinajstić information content (AvgIpc) is 2.84. The molecule has 18 heavy (non-hydrogen) atoms. The van der Waals surface area contributed by atoms with Gasteiger partial charge in [0.05, 0.1) is 10.6 Å². The number of aromatic nitrogens is 1. The topological polar surface area (TPSA) is 42.0 Å². The van der Waals surface area contributed by atoms with Crippen LogP contribution < -0.4 is 5.32 Å². The summed E-state index contributed by atoms with van der Waals surface area (Å²) in [4.78, 5) is 15.8. The van der Waals surface area contributed by atoms with E-state index in [1.54, 1.807) is 12.3 Å². The van der Waals surface area contributed by atoms with Crippen molar-refractivity contribution in [2.45, 2.75) is 19.3 Å². The van der Waals surface area contributed by atoms with Gasteiger partial charge >= 0.3 is 0 Å². The Morgan fingerprint density at radius 3 is 2.94 bits per heavy atom. The van der Waals surface area contributed by atoms with Crippen LogP contribution >= 0.6 is 23.2 Å². The van der Waals surface area contributed by atoms with Crippen molar-refractivity contribution in [1.82, 2.24) is 10.3 Å². The zero-order valence-corrected chi connectivity index (χ0v) is 11.5. The third-order valence-corrected chi connectivity index (χ3v) is 4.25. The smallest absolute Gasteiger partial charge is 0.252 e. The van der Waals surface area contributed by atoms with E-state index >= 15 is 0 Å². The van der Waals surface area contributed by atoms with Crippen LogP contribution in [0.5, 0.6) is 0 Å². The molecule has 0 spiro atoms. The quantitative estimate of drug-likeness (QED) is 0.864. The Kier molecular flexibility index (Phi) is 4.84. The van der Waals surface area contributed by atoms with Crippen molar-refractivity contribution in [1.29, 1.82) is 0 Å². The number of nitrogens with one attached hydrogen (secondary N) is 1. The van der Waals surface area contributed by atoms with Crippen LogP contribution in [0.1, 0.15) is 29.6 Å². The Morgan fingerprint density at radius 1 is 1.44 bits per heavy atom. The molecule has 1 aromatic rings. The number of hydrogen-bond donors (Lipinski definition) is 1. The maximum absolute atomic E-state index is 12.0. The van der Waals surface area contributed by atoms with Gasteiger partial charge in [-0.3, -0.25) is 9.78 Å². The van der Waals surface area contributed by atoms with Crippen molar-refractivity contribution in [3.63, 3.8) is 0 Å². The average molecular weight is 287 g/mol. The Bertz CT molecular complexity index is 425. The van der Waals surface area contributed by atoms with E-state index in [9.17, 15) is 4.79 Å². The molecule has 5 heteroatoms. The van der Waals surface area contributed by atoms with E-state index in [1.165, 1.54) is 19.0 Å². The molecule has 1 heterocycles. The highest BCUT2D eigenvalue weighted by Gasteiger charge is 2.26. The Hall–Kier alpha value is -0.800. The van der Waals surface area contributed by atoms with Gasteiger partial charge in [-0.1, -0.05) is 18.0 Å². The summed E-state index contributed by atoms with van der Waals surface area (Å²) in [6.07, 6.45) is 6.56. The molecule has 2 rings (SSSR count). The highest BCUT2D eigenvalue weighted by Crippen LogP contribution is 2.32. The van der Waals surface area contributed by atoms with Crippen LogP contribution in [0.25, 0.3) is 0 Å². The summed E-state index contributed by atoms with van der Waals surface area (Å²) in [6.45, 7) is 0.675. The van der Waals surface area contributed by atoms with E-state index in [2.05, 4.69) is 10.3 Å². The van der Waals surface area contributed by atoms with Gasteiger partial charge in [-0.15, -0.1) is 11.6 Å². The first-order chi connectivity index (χ1) is 8.72. The molecule has 1 aliphatic rings. The van der Waals surface area contributed by atoms with Gasteiger partial charge in [-0.25, -0.2) is 0 Å². The lowest BCUT2D eigenvalue weighted by atomic mass is 9.98. The van der Waals surface area contributed by atoms with Gasteiger partial charge in [0.15, 0.2) is 0 Å². The summed E-state index contributed by atoms with van der Waals surface area (Å²) in [5.74, 6) is 1.56. The summed E-state index contributed by atoms with van der Waals surface area (Å²) in [7, 11) is 0. The van der Waals surface area contributed by atoms with Crippen LogP contribution in [-0.2, 0) is 0 Å². The van der Waals surface area contributed by atoms with E-state index in [-0.39, 0.29) is 5.91 Å². The van der Waals surface area contributed by atoms with E-state index in [0.29, 0.717) is 34.8 Å². The number of alkyl halides is 1. The lowest BCUT2D eigenvalue weighted by Gasteiger charge is -2.17. The Balaban J connectivity index is 1.91. The van der Waals surface area contributed by atoms with Crippen LogP contribution in [0.15, 0.2) is 18.5 Å². The fraction of sp³-hybridized carbons (Fsp3) is 0.538. The minimum absolute atomic E-state index is 0.136. The van der Waals surface area contributed by atoms with E-state index in [4.69, 9.17) is 23.2 Å². The minimum Gasteiger partial charge on any atom is -0.352 e. The molecular formula is C13H16Cl2N2O. The Morgan fingerprint density at radius 2 is 2.22 bits per heavy atom. The number of pyridine rings is 1. The van der Waals surface area contributed by atoms with Gasteiger partial charge in [0.25, 0.3) is 5.91 Å². The molecule has 2 atom stereocenters. The largest absolute Gasteiger partial charge is 0.352 e. The molecule has 1 fully saturated rings. The lowest BCUT2D eigenvalue weighted by Crippen LogP contribution is -2.31. The van der Waals surface area contributed by atoms with Gasteiger partial charge < -0.3 is 5.32 Å². The summed E-state index contributed by atoms with van der Waals surface area (Å²) >= 11 is 11.8. The third kappa shape index (κ3) is 3.15. The molecule has 0 aliphatic heterocycles. The number of halogens is 2. The molecule has 1 saturated carbocycles. The molecule has 98 valence electrons. The fourth-order valence-electron chi connectivity index (χ4n) is 2.46. The van der Waals surface area contributed by atoms with E-state index in [0.717, 1.165) is 6.42 Å². The number of carbonyl (C=O) groups excluding carboxylic acids is 1. The molecule has 3 nitrogen and oxygen atoms in total. The highest BCUT2D eigenvalue weighted by atomic mass is 35.5. The van der Waals surface area contributed by atoms with Crippen LogP contribution in [0, 0.1) is 11.8 Å². The molecule has 2 unspecified atom stereocenters. The maximum Gasteiger partial charge on any atom is 0.252 e. The van der Waals surface area contributed by atoms with Crippen molar-refractivity contribution in [3.8, 4) is 0 Å². The van der Waals surface area contributed by atoms with Gasteiger partial charge in [0, 0.05) is 24.8 Å². The number of amides is 1. The first-order valence-electron chi connectivity index (χ1n) is 6.16. The predicted molar refractivity (Wildman–Crippen MR) is 73.1 cm³/mol. The minimum atomic E-state index is -0.136. The second-order valence-electron chi connectivity index (χ2n) is 4.67. The molecule has 0 aromatic carbocycles. The first kappa shape index (κ1) is 13.6. The van der Waals surface area contributed by atoms with Gasteiger partial charge in [-0.2, -0.15) is 0 Å². The number of carbonyl (C=O) groups is 1. The van der Waals surface area contributed by atoms with Crippen LogP contribution in [-0.4, -0.2) is 23.3 Å². The van der Waals surface area contributed by atoms with Gasteiger partial charge in [0.2, 0.25) is 0 Å². The molecule has 0 radical (unpaired) electrons. The van der Waals surface area contributed by atoms with Crippen LogP contribution in [0.3, 0.4) is 0 Å². The van der Waals surface area contributed by atoms with Crippen molar-refractivity contribution in [2.75, 3.05) is 12.4 Å². The summed E-state index contributed by atoms with van der Waals surface area (Å²) in [5.41, 5.74) is 0.479. The number of hydrogen-bond acceptors (Lipinski definition) is 2. The summed E-state index contributed by atoms with van der Waals surface area (Å²) < 4.78 is 0. The van der Waals surface area contributed by atoms with Crippen LogP contribution in [0.4, 0.5) is 0 Å². The van der Waals surface area contributed by atoms with Crippen molar-refractivity contribution >= 4 is 29.1 Å². The molecule has 1 amide bonds. The van der Waals surface area contributed by atoms with E-state index in [1.807, 2.05) is 0 Å². The monoisotopic (exact) mass is 286 g/mol.